The number of hydrogen-bond donors (Lipinski definition) is 1. The molecule has 27 heavy (non-hydrogen) atoms. The zero-order chi connectivity index (χ0) is 20.6. The fourth-order valence-electron chi connectivity index (χ4n) is 3.09. The van der Waals surface area contributed by atoms with Crippen molar-refractivity contribution in [3.05, 3.63) is 0 Å². The molecule has 0 aromatic heterocycles. The summed E-state index contributed by atoms with van der Waals surface area (Å²) in [5.74, 6) is 0. The molecule has 0 rings (SSSR count). The minimum Gasteiger partial charge on any atom is -0.392 e. The summed E-state index contributed by atoms with van der Waals surface area (Å²) < 4.78 is 21.0. The third-order valence-corrected chi connectivity index (χ3v) is 6.58. The number of aliphatic hydroxyl groups excluding tert-OH is 1. The maximum absolute atomic E-state index is 11.6. The van der Waals surface area contributed by atoms with Crippen LogP contribution in [-0.2, 0) is 9.13 Å². The average Bonchev–Trinajstić information content (AvgIpc) is 2.62. The Bertz CT molecular complexity index is 330. The molecule has 164 valence electrons. The third-order valence-electron chi connectivity index (χ3n) is 4.76. The Morgan fingerprint density at radius 3 is 1.22 bits per heavy atom. The molecule has 0 aliphatic carbocycles. The molecule has 0 fully saturated rings. The van der Waals surface area contributed by atoms with Gasteiger partial charge in [0.1, 0.15) is 0 Å². The van der Waals surface area contributed by atoms with E-state index in [1.807, 2.05) is 13.3 Å². The second kappa shape index (κ2) is 24.3. The first-order valence-corrected chi connectivity index (χ1v) is 15.4. The van der Waals surface area contributed by atoms with Crippen LogP contribution in [0.5, 0.6) is 0 Å². The largest absolute Gasteiger partial charge is 0.392 e. The summed E-state index contributed by atoms with van der Waals surface area (Å²) in [4.78, 5) is 0. The number of rotatable bonds is 19. The summed E-state index contributed by atoms with van der Waals surface area (Å²) in [6.45, 7) is 6.16. The molecule has 0 radical (unpaired) electrons. The van der Waals surface area contributed by atoms with Gasteiger partial charge < -0.3 is 9.67 Å². The van der Waals surface area contributed by atoms with E-state index in [0.717, 1.165) is 6.16 Å². The Balaban J connectivity index is 0. The lowest BCUT2D eigenvalue weighted by molar-refractivity contribution is 0.321. The molecule has 1 N–H and O–H groups in total. The second-order valence-electron chi connectivity index (χ2n) is 8.22. The maximum Gasteiger partial charge on any atom is 0.327 e. The van der Waals surface area contributed by atoms with E-state index in [0.29, 0.717) is 6.16 Å². The van der Waals surface area contributed by atoms with Gasteiger partial charge in [0.2, 0.25) is 0 Å². The minimum absolute atomic E-state index is 0.0436. The lowest BCUT2D eigenvalue weighted by atomic mass is 10.0. The zero-order valence-corrected chi connectivity index (χ0v) is 20.5. The van der Waals surface area contributed by atoms with E-state index in [4.69, 9.17) is 5.11 Å². The van der Waals surface area contributed by atoms with E-state index >= 15 is 0 Å². The summed E-state index contributed by atoms with van der Waals surface area (Å²) in [6.07, 6.45) is 23.8. The van der Waals surface area contributed by atoms with Gasteiger partial charge in [-0.25, -0.2) is 0 Å². The lowest BCUT2D eigenvalue weighted by Gasteiger charge is -2.06. The molecule has 0 bridgehead atoms. The van der Waals surface area contributed by atoms with E-state index < -0.39 is 7.14 Å². The van der Waals surface area contributed by atoms with E-state index in [1.54, 1.807) is 0 Å². The first-order valence-electron chi connectivity index (χ1n) is 11.5. The quantitative estimate of drug-likeness (QED) is 0.170. The fourth-order valence-corrected chi connectivity index (χ4v) is 4.16. The van der Waals surface area contributed by atoms with Crippen LogP contribution in [-0.4, -0.2) is 37.4 Å². The molecule has 0 aliphatic heterocycles. The highest BCUT2D eigenvalue weighted by atomic mass is 31.2. The van der Waals surface area contributed by atoms with E-state index in [2.05, 4.69) is 6.92 Å². The minimum atomic E-state index is -1.75. The molecular formula is C22H49O3P2+. The molecule has 1 unspecified atom stereocenters. The monoisotopic (exact) mass is 423 g/mol. The Morgan fingerprint density at radius 1 is 0.667 bits per heavy atom. The molecule has 0 saturated heterocycles. The van der Waals surface area contributed by atoms with Crippen LogP contribution in [0.15, 0.2) is 0 Å². The van der Waals surface area contributed by atoms with Crippen molar-refractivity contribution in [3.8, 4) is 0 Å². The third kappa shape index (κ3) is 34.2. The normalized spacial score (nSPS) is 11.4. The van der Waals surface area contributed by atoms with E-state index in [9.17, 15) is 9.13 Å². The van der Waals surface area contributed by atoms with Gasteiger partial charge in [-0.2, -0.15) is 0 Å². The SMILES string of the molecule is CCCCCCCCCCCCCCCCCCP(C)(C)=O.O=[PH+]CCO. The first-order chi connectivity index (χ1) is 13.0. The van der Waals surface area contributed by atoms with Crippen molar-refractivity contribution < 1.29 is 14.2 Å². The highest BCUT2D eigenvalue weighted by molar-refractivity contribution is 7.62. The average molecular weight is 424 g/mol. The van der Waals surface area contributed by atoms with Gasteiger partial charge in [-0.1, -0.05) is 108 Å². The van der Waals surface area contributed by atoms with Crippen LogP contribution in [0.25, 0.3) is 0 Å². The van der Waals surface area contributed by atoms with Gasteiger partial charge in [-0.15, -0.1) is 0 Å². The van der Waals surface area contributed by atoms with Crippen LogP contribution >= 0.6 is 15.6 Å². The summed E-state index contributed by atoms with van der Waals surface area (Å²) >= 11 is 0. The van der Waals surface area contributed by atoms with Gasteiger partial charge in [0.25, 0.3) is 0 Å². The van der Waals surface area contributed by atoms with Crippen LogP contribution in [0, 0.1) is 0 Å². The van der Waals surface area contributed by atoms with Gasteiger partial charge in [0.05, 0.1) is 13.7 Å². The van der Waals surface area contributed by atoms with Crippen molar-refractivity contribution in [2.45, 2.75) is 110 Å². The predicted molar refractivity (Wildman–Crippen MR) is 125 cm³/mol. The second-order valence-corrected chi connectivity index (χ2v) is 12.6. The molecule has 0 saturated carbocycles. The molecule has 3 nitrogen and oxygen atoms in total. The topological polar surface area (TPSA) is 54.4 Å². The molecule has 5 heteroatoms. The molecule has 1 atom stereocenters. The van der Waals surface area contributed by atoms with Crippen LogP contribution in [0.1, 0.15) is 110 Å². The zero-order valence-electron chi connectivity index (χ0n) is 18.6. The van der Waals surface area contributed by atoms with Crippen molar-refractivity contribution in [2.75, 3.05) is 32.3 Å². The summed E-state index contributed by atoms with van der Waals surface area (Å²) in [6, 6.07) is 0. The van der Waals surface area contributed by atoms with Crippen molar-refractivity contribution >= 4 is 15.6 Å². The standard InChI is InChI=1S/C20H43OP.C2H5O2P/c1-4-5-6-7-8-9-10-11-12-13-14-15-16-17-18-19-20-22(2,3)21;3-1-2-5-4/h4-20H2,1-3H3;3H,1-2H2/p+1. The maximum atomic E-state index is 11.6. The molecule has 0 heterocycles. The molecule has 0 aromatic rings. The van der Waals surface area contributed by atoms with Crippen molar-refractivity contribution in [1.82, 2.24) is 0 Å². The molecule has 0 aliphatic rings. The first kappa shape index (κ1) is 29.5. The number of aliphatic hydroxyl groups is 1. The lowest BCUT2D eigenvalue weighted by Crippen LogP contribution is -1.87. The highest BCUT2D eigenvalue weighted by Crippen LogP contribution is 2.36. The molecule has 0 spiro atoms. The van der Waals surface area contributed by atoms with Crippen LogP contribution in [0.4, 0.5) is 0 Å². The van der Waals surface area contributed by atoms with Crippen molar-refractivity contribution in [3.63, 3.8) is 0 Å². The Hall–Kier alpha value is 0.290. The van der Waals surface area contributed by atoms with E-state index in [1.165, 1.54) is 103 Å². The summed E-state index contributed by atoms with van der Waals surface area (Å²) in [5, 5.41) is 7.87. The van der Waals surface area contributed by atoms with Gasteiger partial charge in [-0.3, -0.25) is 0 Å². The fraction of sp³-hybridized carbons (Fsp3) is 1.00. The van der Waals surface area contributed by atoms with Gasteiger partial charge in [0, 0.05) is 6.16 Å². The van der Waals surface area contributed by atoms with Gasteiger partial charge in [0.15, 0.2) is 6.16 Å². The Kier molecular flexibility index (Phi) is 26.6. The van der Waals surface area contributed by atoms with Crippen LogP contribution < -0.4 is 0 Å². The summed E-state index contributed by atoms with van der Waals surface area (Å²) in [5.41, 5.74) is 0. The molecular weight excluding hydrogens is 374 g/mol. The van der Waals surface area contributed by atoms with Crippen molar-refractivity contribution in [2.24, 2.45) is 0 Å². The van der Waals surface area contributed by atoms with Crippen molar-refractivity contribution in [1.29, 1.82) is 0 Å². The number of hydrogen-bond acceptors (Lipinski definition) is 3. The van der Waals surface area contributed by atoms with Gasteiger partial charge in [-0.05, 0) is 19.8 Å². The summed E-state index contributed by atoms with van der Waals surface area (Å²) in [7, 11) is -2.10. The molecule has 0 aromatic carbocycles. The van der Waals surface area contributed by atoms with Crippen LogP contribution in [0.2, 0.25) is 0 Å². The number of unbranched alkanes of at least 4 members (excludes halogenated alkanes) is 15. The van der Waals surface area contributed by atoms with Crippen LogP contribution in [0.3, 0.4) is 0 Å². The molecule has 0 amide bonds. The highest BCUT2D eigenvalue weighted by Gasteiger charge is 2.05. The Labute approximate surface area is 172 Å². The smallest absolute Gasteiger partial charge is 0.327 e. The van der Waals surface area contributed by atoms with E-state index in [-0.39, 0.29) is 15.1 Å². The predicted octanol–water partition coefficient (Wildman–Crippen LogP) is 7.87. The Morgan fingerprint density at radius 2 is 1.00 bits per heavy atom. The van der Waals surface area contributed by atoms with Gasteiger partial charge >= 0.3 is 8.46 Å².